The molecule has 0 fully saturated rings. The lowest BCUT2D eigenvalue weighted by atomic mass is 10.2. The number of hydrogen-bond donors (Lipinski definition) is 0. The molecule has 4 heteroatoms. The zero-order valence-corrected chi connectivity index (χ0v) is 9.12. The average Bonchev–Trinajstić information content (AvgIpc) is 2.14. The Hall–Kier alpha value is -1.24. The second-order valence-corrected chi connectivity index (χ2v) is 3.65. The highest BCUT2D eigenvalue weighted by atomic mass is 16.6. The van der Waals surface area contributed by atoms with Crippen molar-refractivity contribution in [2.24, 2.45) is 5.92 Å². The molecular formula is C10H18N2O2. The number of unbranched alkanes of at least 4 members (excludes halogenated alkanes) is 1. The summed E-state index contributed by atoms with van der Waals surface area (Å²) in [6, 6.07) is 2.03. The number of ether oxygens (including phenoxy) is 1. The van der Waals surface area contributed by atoms with Crippen LogP contribution in [0.4, 0.5) is 4.79 Å². The maximum atomic E-state index is 11.3. The van der Waals surface area contributed by atoms with Crippen LogP contribution in [0.3, 0.4) is 0 Å². The fraction of sp³-hybridized carbons (Fsp3) is 0.800. The molecule has 0 N–H and O–H groups in total. The summed E-state index contributed by atoms with van der Waals surface area (Å²) in [5.74, 6) is 0.353. The van der Waals surface area contributed by atoms with Crippen molar-refractivity contribution in [3.8, 4) is 6.07 Å². The summed E-state index contributed by atoms with van der Waals surface area (Å²) >= 11 is 0. The number of nitrogens with zero attached hydrogens (tertiary/aromatic N) is 2. The number of amides is 1. The van der Waals surface area contributed by atoms with Crippen LogP contribution in [0.5, 0.6) is 0 Å². The summed E-state index contributed by atoms with van der Waals surface area (Å²) in [6.45, 7) is 5.00. The lowest BCUT2D eigenvalue weighted by molar-refractivity contribution is 0.0997. The van der Waals surface area contributed by atoms with Gasteiger partial charge in [-0.1, -0.05) is 13.8 Å². The van der Waals surface area contributed by atoms with Crippen LogP contribution >= 0.6 is 0 Å². The van der Waals surface area contributed by atoms with Gasteiger partial charge in [-0.3, -0.25) is 0 Å². The van der Waals surface area contributed by atoms with E-state index in [9.17, 15) is 4.79 Å². The van der Waals surface area contributed by atoms with E-state index in [-0.39, 0.29) is 6.09 Å². The molecule has 0 aromatic rings. The zero-order chi connectivity index (χ0) is 11.0. The molecule has 1 amide bonds. The Kier molecular flexibility index (Phi) is 6.55. The van der Waals surface area contributed by atoms with Gasteiger partial charge in [0, 0.05) is 20.0 Å². The van der Waals surface area contributed by atoms with Gasteiger partial charge in [0.15, 0.2) is 0 Å². The van der Waals surface area contributed by atoms with E-state index in [1.807, 2.05) is 19.9 Å². The number of carbonyl (C=O) groups excluding carboxylic acids is 1. The van der Waals surface area contributed by atoms with Gasteiger partial charge in [0.2, 0.25) is 0 Å². The summed E-state index contributed by atoms with van der Waals surface area (Å²) in [5, 5.41) is 8.31. The molecule has 0 aliphatic carbocycles. The fourth-order valence-corrected chi connectivity index (χ4v) is 0.835. The number of nitriles is 1. The van der Waals surface area contributed by atoms with Crippen molar-refractivity contribution in [2.75, 3.05) is 20.2 Å². The third-order valence-corrected chi connectivity index (χ3v) is 1.63. The first-order valence-corrected chi connectivity index (χ1v) is 4.82. The van der Waals surface area contributed by atoms with Crippen LogP contribution in [0.15, 0.2) is 0 Å². The van der Waals surface area contributed by atoms with E-state index in [1.54, 1.807) is 7.05 Å². The zero-order valence-electron chi connectivity index (χ0n) is 9.12. The van der Waals surface area contributed by atoms with Gasteiger partial charge in [-0.2, -0.15) is 5.26 Å². The Morgan fingerprint density at radius 2 is 2.21 bits per heavy atom. The van der Waals surface area contributed by atoms with Gasteiger partial charge in [0.25, 0.3) is 0 Å². The van der Waals surface area contributed by atoms with E-state index in [0.29, 0.717) is 31.9 Å². The summed E-state index contributed by atoms with van der Waals surface area (Å²) in [4.78, 5) is 12.8. The normalized spacial score (nSPS) is 9.64. The molecule has 0 spiro atoms. The van der Waals surface area contributed by atoms with Gasteiger partial charge in [0.05, 0.1) is 12.7 Å². The highest BCUT2D eigenvalue weighted by molar-refractivity contribution is 5.67. The van der Waals surface area contributed by atoms with Gasteiger partial charge in [-0.25, -0.2) is 4.79 Å². The molecule has 0 heterocycles. The molecule has 0 aromatic heterocycles. The summed E-state index contributed by atoms with van der Waals surface area (Å²) < 4.78 is 5.00. The third-order valence-electron chi connectivity index (χ3n) is 1.63. The molecule has 0 unspecified atom stereocenters. The van der Waals surface area contributed by atoms with Crippen molar-refractivity contribution in [1.29, 1.82) is 5.26 Å². The van der Waals surface area contributed by atoms with Crippen LogP contribution in [0.25, 0.3) is 0 Å². The number of rotatable bonds is 5. The van der Waals surface area contributed by atoms with Gasteiger partial charge >= 0.3 is 6.09 Å². The second-order valence-electron chi connectivity index (χ2n) is 3.65. The summed E-state index contributed by atoms with van der Waals surface area (Å²) in [6.07, 6.45) is 0.864. The van der Waals surface area contributed by atoms with Crippen molar-refractivity contribution in [1.82, 2.24) is 4.90 Å². The molecule has 0 saturated carbocycles. The molecule has 80 valence electrons. The molecule has 4 nitrogen and oxygen atoms in total. The Balaban J connectivity index is 3.61. The van der Waals surface area contributed by atoms with Gasteiger partial charge < -0.3 is 9.64 Å². The Bertz CT molecular complexity index is 209. The Morgan fingerprint density at radius 3 is 2.71 bits per heavy atom. The van der Waals surface area contributed by atoms with E-state index in [0.717, 1.165) is 0 Å². The fourth-order valence-electron chi connectivity index (χ4n) is 0.835. The van der Waals surface area contributed by atoms with E-state index < -0.39 is 0 Å². The SMILES string of the molecule is CC(C)COC(=O)N(C)CCCC#N. The van der Waals surface area contributed by atoms with Gasteiger partial charge in [-0.15, -0.1) is 0 Å². The lowest BCUT2D eigenvalue weighted by Gasteiger charge is -2.16. The summed E-state index contributed by atoms with van der Waals surface area (Å²) in [5.41, 5.74) is 0. The van der Waals surface area contributed by atoms with E-state index in [4.69, 9.17) is 10.00 Å². The molecular weight excluding hydrogens is 180 g/mol. The quantitative estimate of drug-likeness (QED) is 0.635. The monoisotopic (exact) mass is 198 g/mol. The second kappa shape index (κ2) is 7.19. The standard InChI is InChI=1S/C10H18N2O2/c1-9(2)8-14-10(13)12(3)7-5-4-6-11/h9H,4-5,7-8H2,1-3H3. The highest BCUT2D eigenvalue weighted by Crippen LogP contribution is 1.98. The van der Waals surface area contributed by atoms with Gasteiger partial charge in [0.1, 0.15) is 0 Å². The van der Waals surface area contributed by atoms with E-state index in [2.05, 4.69) is 0 Å². The predicted octanol–water partition coefficient (Wildman–Crippen LogP) is 2.01. The van der Waals surface area contributed by atoms with Crippen LogP contribution in [-0.2, 0) is 4.74 Å². The number of carbonyl (C=O) groups is 1. The highest BCUT2D eigenvalue weighted by Gasteiger charge is 2.09. The van der Waals surface area contributed by atoms with Crippen molar-refractivity contribution >= 4 is 6.09 Å². The molecule has 0 radical (unpaired) electrons. The van der Waals surface area contributed by atoms with Gasteiger partial charge in [-0.05, 0) is 12.3 Å². The van der Waals surface area contributed by atoms with Crippen molar-refractivity contribution < 1.29 is 9.53 Å². The van der Waals surface area contributed by atoms with Crippen molar-refractivity contribution in [3.05, 3.63) is 0 Å². The molecule has 0 aromatic carbocycles. The molecule has 14 heavy (non-hydrogen) atoms. The van der Waals surface area contributed by atoms with Crippen LogP contribution in [0, 0.1) is 17.2 Å². The summed E-state index contributed by atoms with van der Waals surface area (Å²) in [7, 11) is 1.68. The molecule has 0 saturated heterocycles. The molecule has 0 atom stereocenters. The maximum Gasteiger partial charge on any atom is 0.409 e. The van der Waals surface area contributed by atoms with Crippen LogP contribution in [0.1, 0.15) is 26.7 Å². The minimum Gasteiger partial charge on any atom is -0.449 e. The van der Waals surface area contributed by atoms with E-state index >= 15 is 0 Å². The average molecular weight is 198 g/mol. The molecule has 0 bridgehead atoms. The van der Waals surface area contributed by atoms with Crippen molar-refractivity contribution in [3.63, 3.8) is 0 Å². The smallest absolute Gasteiger partial charge is 0.409 e. The van der Waals surface area contributed by atoms with Crippen LogP contribution in [-0.4, -0.2) is 31.2 Å². The largest absolute Gasteiger partial charge is 0.449 e. The first kappa shape index (κ1) is 12.8. The number of hydrogen-bond acceptors (Lipinski definition) is 3. The lowest BCUT2D eigenvalue weighted by Crippen LogP contribution is -2.29. The minimum atomic E-state index is -0.309. The van der Waals surface area contributed by atoms with E-state index in [1.165, 1.54) is 4.90 Å². The Labute approximate surface area is 85.5 Å². The van der Waals surface area contributed by atoms with Crippen LogP contribution < -0.4 is 0 Å². The Morgan fingerprint density at radius 1 is 1.57 bits per heavy atom. The first-order valence-electron chi connectivity index (χ1n) is 4.82. The first-order chi connectivity index (χ1) is 6.57. The molecule has 0 rings (SSSR count). The topological polar surface area (TPSA) is 53.3 Å². The minimum absolute atomic E-state index is 0.309. The van der Waals surface area contributed by atoms with Crippen molar-refractivity contribution in [2.45, 2.75) is 26.7 Å². The predicted molar refractivity (Wildman–Crippen MR) is 53.7 cm³/mol. The molecule has 0 aliphatic heterocycles. The van der Waals surface area contributed by atoms with Crippen LogP contribution in [0.2, 0.25) is 0 Å². The molecule has 0 aliphatic rings. The third kappa shape index (κ3) is 6.30. The maximum absolute atomic E-state index is 11.3.